The minimum absolute atomic E-state index is 0.459. The number of nitrogens with one attached hydrogen (secondary N) is 1. The third kappa shape index (κ3) is 1.82. The zero-order valence-corrected chi connectivity index (χ0v) is 9.94. The maximum Gasteiger partial charge on any atom is 0.147 e. The van der Waals surface area contributed by atoms with Gasteiger partial charge in [0.15, 0.2) is 0 Å². The second-order valence-electron chi connectivity index (χ2n) is 4.52. The van der Waals surface area contributed by atoms with Crippen LogP contribution in [0.4, 0.5) is 5.69 Å². The van der Waals surface area contributed by atoms with Crippen molar-refractivity contribution in [3.8, 4) is 0 Å². The summed E-state index contributed by atoms with van der Waals surface area (Å²) in [7, 11) is 0. The molecule has 3 rings (SSSR count). The average Bonchev–Trinajstić information content (AvgIpc) is 2.94. The summed E-state index contributed by atoms with van der Waals surface area (Å²) in [4.78, 5) is 0. The summed E-state index contributed by atoms with van der Waals surface area (Å²) >= 11 is 0. The molecular formula is C14H16N2O. The fourth-order valence-electron chi connectivity index (χ4n) is 2.61. The number of anilines is 1. The average molecular weight is 228 g/mol. The van der Waals surface area contributed by atoms with Gasteiger partial charge < -0.3 is 9.84 Å². The third-order valence-corrected chi connectivity index (χ3v) is 3.40. The molecule has 1 aliphatic rings. The van der Waals surface area contributed by atoms with E-state index < -0.39 is 0 Å². The minimum atomic E-state index is 0.459. The topological polar surface area (TPSA) is 38.1 Å². The predicted molar refractivity (Wildman–Crippen MR) is 67.3 cm³/mol. The van der Waals surface area contributed by atoms with Crippen LogP contribution in [-0.4, -0.2) is 11.7 Å². The molecule has 0 fully saturated rings. The van der Waals surface area contributed by atoms with Crippen molar-refractivity contribution in [2.24, 2.45) is 0 Å². The van der Waals surface area contributed by atoms with Gasteiger partial charge in [-0.2, -0.15) is 0 Å². The first-order valence-electron chi connectivity index (χ1n) is 6.13. The summed E-state index contributed by atoms with van der Waals surface area (Å²) in [5.41, 5.74) is 5.01. The lowest BCUT2D eigenvalue weighted by molar-refractivity contribution is 0.405. The minimum Gasteiger partial charge on any atom is -0.381 e. The van der Waals surface area contributed by atoms with Gasteiger partial charge in [-0.1, -0.05) is 29.4 Å². The molecule has 3 heteroatoms. The van der Waals surface area contributed by atoms with Gasteiger partial charge in [0, 0.05) is 12.5 Å². The van der Waals surface area contributed by atoms with Crippen molar-refractivity contribution >= 4 is 5.69 Å². The van der Waals surface area contributed by atoms with Gasteiger partial charge in [0.2, 0.25) is 0 Å². The zero-order valence-electron chi connectivity index (χ0n) is 9.94. The summed E-state index contributed by atoms with van der Waals surface area (Å²) in [6, 6.07) is 8.63. The van der Waals surface area contributed by atoms with Crippen LogP contribution in [0.5, 0.6) is 0 Å². The Hall–Kier alpha value is -1.77. The largest absolute Gasteiger partial charge is 0.381 e. The van der Waals surface area contributed by atoms with Crippen LogP contribution in [-0.2, 0) is 12.8 Å². The van der Waals surface area contributed by atoms with Crippen LogP contribution in [0.1, 0.15) is 29.7 Å². The number of aromatic nitrogens is 1. The highest BCUT2D eigenvalue weighted by Gasteiger charge is 2.26. The molecule has 0 amide bonds. The molecule has 2 aromatic rings. The van der Waals surface area contributed by atoms with E-state index in [0.717, 1.165) is 30.8 Å². The maximum atomic E-state index is 5.10. The van der Waals surface area contributed by atoms with Crippen molar-refractivity contribution in [1.29, 1.82) is 0 Å². The molecule has 1 N–H and O–H groups in total. The summed E-state index contributed by atoms with van der Waals surface area (Å²) in [5, 5.41) is 7.47. The monoisotopic (exact) mass is 228 g/mol. The quantitative estimate of drug-likeness (QED) is 0.877. The standard InChI is InChI=1S/C14H16N2O/c1-2-15-13-9-17-16-14(13)12-7-10-5-3-4-6-11(10)8-12/h3-6,9,12,15H,2,7-8H2,1H3. The van der Waals surface area contributed by atoms with Gasteiger partial charge in [-0.15, -0.1) is 0 Å². The Morgan fingerprint density at radius 3 is 2.65 bits per heavy atom. The molecule has 1 aromatic carbocycles. The highest BCUT2D eigenvalue weighted by Crippen LogP contribution is 2.36. The van der Waals surface area contributed by atoms with E-state index >= 15 is 0 Å². The fourth-order valence-corrected chi connectivity index (χ4v) is 2.61. The van der Waals surface area contributed by atoms with Crippen molar-refractivity contribution in [2.75, 3.05) is 11.9 Å². The molecule has 0 unspecified atom stereocenters. The summed E-state index contributed by atoms with van der Waals surface area (Å²) in [6.45, 7) is 2.98. The fraction of sp³-hybridized carbons (Fsp3) is 0.357. The van der Waals surface area contributed by atoms with Gasteiger partial charge in [0.25, 0.3) is 0 Å². The van der Waals surface area contributed by atoms with E-state index in [1.165, 1.54) is 11.1 Å². The zero-order chi connectivity index (χ0) is 11.7. The Bertz CT molecular complexity index is 493. The second-order valence-corrected chi connectivity index (χ2v) is 4.52. The van der Waals surface area contributed by atoms with Gasteiger partial charge in [0.1, 0.15) is 12.0 Å². The van der Waals surface area contributed by atoms with E-state index in [1.807, 2.05) is 0 Å². The molecule has 88 valence electrons. The van der Waals surface area contributed by atoms with Crippen molar-refractivity contribution < 1.29 is 4.52 Å². The first-order valence-corrected chi connectivity index (χ1v) is 6.13. The first kappa shape index (κ1) is 10.4. The number of fused-ring (bicyclic) bond motifs is 1. The molecule has 0 spiro atoms. The number of hydrogen-bond donors (Lipinski definition) is 1. The van der Waals surface area contributed by atoms with Crippen LogP contribution in [0.2, 0.25) is 0 Å². The number of benzene rings is 1. The lowest BCUT2D eigenvalue weighted by Gasteiger charge is -2.07. The van der Waals surface area contributed by atoms with E-state index in [1.54, 1.807) is 6.26 Å². The van der Waals surface area contributed by atoms with Crippen molar-refractivity contribution in [3.05, 3.63) is 47.3 Å². The number of nitrogens with zero attached hydrogens (tertiary/aromatic N) is 1. The highest BCUT2D eigenvalue weighted by molar-refractivity contribution is 5.49. The Morgan fingerprint density at radius 1 is 1.29 bits per heavy atom. The second kappa shape index (κ2) is 4.24. The van der Waals surface area contributed by atoms with E-state index in [4.69, 9.17) is 4.52 Å². The molecule has 17 heavy (non-hydrogen) atoms. The van der Waals surface area contributed by atoms with Gasteiger partial charge in [-0.25, -0.2) is 0 Å². The molecule has 0 saturated carbocycles. The van der Waals surface area contributed by atoms with Crippen LogP contribution >= 0.6 is 0 Å². The Labute approximate surface area is 101 Å². The Kier molecular flexibility index (Phi) is 2.59. The lowest BCUT2D eigenvalue weighted by Crippen LogP contribution is -2.04. The van der Waals surface area contributed by atoms with E-state index in [-0.39, 0.29) is 0 Å². The molecule has 0 bridgehead atoms. The first-order chi connectivity index (χ1) is 8.38. The molecular weight excluding hydrogens is 212 g/mol. The molecule has 0 saturated heterocycles. The van der Waals surface area contributed by atoms with Gasteiger partial charge in [-0.3, -0.25) is 0 Å². The van der Waals surface area contributed by atoms with Crippen molar-refractivity contribution in [2.45, 2.75) is 25.7 Å². The van der Waals surface area contributed by atoms with E-state index in [2.05, 4.69) is 41.7 Å². The molecule has 0 aliphatic heterocycles. The van der Waals surface area contributed by atoms with Crippen molar-refractivity contribution in [1.82, 2.24) is 5.16 Å². The number of rotatable bonds is 3. The van der Waals surface area contributed by atoms with Crippen molar-refractivity contribution in [3.63, 3.8) is 0 Å². The van der Waals surface area contributed by atoms with Crippen LogP contribution in [0.3, 0.4) is 0 Å². The van der Waals surface area contributed by atoms with Gasteiger partial charge >= 0.3 is 0 Å². The molecule has 1 heterocycles. The lowest BCUT2D eigenvalue weighted by atomic mass is 10.0. The van der Waals surface area contributed by atoms with E-state index in [9.17, 15) is 0 Å². The van der Waals surface area contributed by atoms with Crippen LogP contribution in [0.25, 0.3) is 0 Å². The highest BCUT2D eigenvalue weighted by atomic mass is 16.5. The van der Waals surface area contributed by atoms with E-state index in [0.29, 0.717) is 5.92 Å². The molecule has 0 atom stereocenters. The SMILES string of the molecule is CCNc1conc1C1Cc2ccccc2C1. The molecule has 1 aliphatic carbocycles. The summed E-state index contributed by atoms with van der Waals surface area (Å²) in [5.74, 6) is 0.459. The van der Waals surface area contributed by atoms with Crippen LogP contribution in [0, 0.1) is 0 Å². The Morgan fingerprint density at radius 2 is 2.00 bits per heavy atom. The van der Waals surface area contributed by atoms with Crippen LogP contribution in [0.15, 0.2) is 35.1 Å². The Balaban J connectivity index is 1.86. The smallest absolute Gasteiger partial charge is 0.147 e. The summed E-state index contributed by atoms with van der Waals surface area (Å²) in [6.07, 6.45) is 3.85. The third-order valence-electron chi connectivity index (χ3n) is 3.40. The summed E-state index contributed by atoms with van der Waals surface area (Å²) < 4.78 is 5.10. The predicted octanol–water partition coefficient (Wildman–Crippen LogP) is 2.99. The molecule has 1 aromatic heterocycles. The molecule has 0 radical (unpaired) electrons. The maximum absolute atomic E-state index is 5.10. The number of hydrogen-bond acceptors (Lipinski definition) is 3. The van der Waals surface area contributed by atoms with Gasteiger partial charge in [-0.05, 0) is 30.9 Å². The van der Waals surface area contributed by atoms with Crippen LogP contribution < -0.4 is 5.32 Å². The molecule has 3 nitrogen and oxygen atoms in total. The van der Waals surface area contributed by atoms with Gasteiger partial charge in [0.05, 0.1) is 5.69 Å². The normalized spacial score (nSPS) is 14.9.